The van der Waals surface area contributed by atoms with Gasteiger partial charge < -0.3 is 10.4 Å². The molecule has 1 amide bonds. The Morgan fingerprint density at radius 2 is 2.06 bits per heavy atom. The average Bonchev–Trinajstić information content (AvgIpc) is 2.28. The van der Waals surface area contributed by atoms with Crippen LogP contribution in [0.1, 0.15) is 51.9 Å². The molecule has 1 aliphatic carbocycles. The highest BCUT2D eigenvalue weighted by Crippen LogP contribution is 2.20. The van der Waals surface area contributed by atoms with Gasteiger partial charge in [-0.05, 0) is 39.2 Å². The van der Waals surface area contributed by atoms with E-state index in [0.717, 1.165) is 32.2 Å². The Kier molecular flexibility index (Phi) is 4.62. The van der Waals surface area contributed by atoms with Crippen LogP contribution in [0.2, 0.25) is 0 Å². The summed E-state index contributed by atoms with van der Waals surface area (Å²) in [6.45, 7) is 3.84. The molecular formula is C14H26N2O2. The van der Waals surface area contributed by atoms with Crippen molar-refractivity contribution in [1.29, 1.82) is 0 Å². The summed E-state index contributed by atoms with van der Waals surface area (Å²) in [4.78, 5) is 14.0. The van der Waals surface area contributed by atoms with Gasteiger partial charge in [-0.25, -0.2) is 0 Å². The number of aliphatic hydroxyl groups is 1. The second-order valence-corrected chi connectivity index (χ2v) is 6.21. The number of carbonyl (C=O) groups excluding carboxylic acids is 1. The van der Waals surface area contributed by atoms with E-state index in [1.54, 1.807) is 0 Å². The van der Waals surface area contributed by atoms with Gasteiger partial charge in [-0.2, -0.15) is 0 Å². The van der Waals surface area contributed by atoms with Crippen molar-refractivity contribution in [1.82, 2.24) is 10.2 Å². The molecule has 1 heterocycles. The number of carbonyl (C=O) groups is 1. The topological polar surface area (TPSA) is 52.6 Å². The first-order chi connectivity index (χ1) is 8.55. The fourth-order valence-electron chi connectivity index (χ4n) is 3.18. The Labute approximate surface area is 110 Å². The molecule has 1 unspecified atom stereocenters. The highest BCUT2D eigenvalue weighted by molar-refractivity contribution is 5.78. The van der Waals surface area contributed by atoms with E-state index in [1.165, 1.54) is 19.3 Å². The number of likely N-dealkylation sites (tertiary alicyclic amines) is 1. The molecule has 2 N–H and O–H groups in total. The maximum absolute atomic E-state index is 12.0. The quantitative estimate of drug-likeness (QED) is 0.798. The van der Waals surface area contributed by atoms with Crippen LogP contribution in [0.3, 0.4) is 0 Å². The van der Waals surface area contributed by atoms with Crippen LogP contribution in [0.15, 0.2) is 0 Å². The molecule has 0 aromatic heterocycles. The smallest absolute Gasteiger partial charge is 0.234 e. The molecule has 2 rings (SSSR count). The summed E-state index contributed by atoms with van der Waals surface area (Å²) in [5.41, 5.74) is -0.622. The Bertz CT molecular complexity index is 286. The summed E-state index contributed by atoms with van der Waals surface area (Å²) in [5.74, 6) is 0.125. The summed E-state index contributed by atoms with van der Waals surface area (Å²) in [5, 5.41) is 13.1. The lowest BCUT2D eigenvalue weighted by Gasteiger charge is -2.36. The van der Waals surface area contributed by atoms with Crippen molar-refractivity contribution in [3.63, 3.8) is 0 Å². The Balaban J connectivity index is 1.73. The lowest BCUT2D eigenvalue weighted by molar-refractivity contribution is -0.124. The van der Waals surface area contributed by atoms with Crippen molar-refractivity contribution >= 4 is 5.91 Å². The molecule has 0 aromatic rings. The number of hydrogen-bond donors (Lipinski definition) is 2. The van der Waals surface area contributed by atoms with Crippen LogP contribution in [-0.4, -0.2) is 47.2 Å². The van der Waals surface area contributed by atoms with Gasteiger partial charge >= 0.3 is 0 Å². The molecule has 2 fully saturated rings. The van der Waals surface area contributed by atoms with Crippen LogP contribution in [0.4, 0.5) is 0 Å². The lowest BCUT2D eigenvalue weighted by atomic mass is 9.94. The van der Waals surface area contributed by atoms with Crippen LogP contribution in [0, 0.1) is 0 Å². The zero-order valence-corrected chi connectivity index (χ0v) is 11.5. The molecule has 1 aliphatic heterocycles. The maximum Gasteiger partial charge on any atom is 0.234 e. The molecule has 1 atom stereocenters. The van der Waals surface area contributed by atoms with Crippen LogP contribution in [0.5, 0.6) is 0 Å². The molecule has 1 saturated heterocycles. The summed E-state index contributed by atoms with van der Waals surface area (Å²) >= 11 is 0. The van der Waals surface area contributed by atoms with Crippen molar-refractivity contribution in [3.05, 3.63) is 0 Å². The van der Waals surface area contributed by atoms with Crippen LogP contribution in [0.25, 0.3) is 0 Å². The molecule has 0 radical (unpaired) electrons. The third kappa shape index (κ3) is 4.25. The van der Waals surface area contributed by atoms with Gasteiger partial charge in [-0.3, -0.25) is 9.69 Å². The fraction of sp³-hybridized carbons (Fsp3) is 0.929. The second kappa shape index (κ2) is 6.02. The normalized spacial score (nSPS) is 31.2. The summed E-state index contributed by atoms with van der Waals surface area (Å²) < 4.78 is 0. The average molecular weight is 254 g/mol. The molecule has 104 valence electrons. The number of β-amino-alcohol motifs (C(OH)–C–C–N with tert-alkyl or cyclic N) is 1. The summed E-state index contributed by atoms with van der Waals surface area (Å²) in [6.07, 6.45) is 7.86. The SMILES string of the molecule is CC1(O)CCCN(CC(=O)NC2CCCCC2)C1. The monoisotopic (exact) mass is 254 g/mol. The van der Waals surface area contributed by atoms with Crippen LogP contribution < -0.4 is 5.32 Å². The minimum Gasteiger partial charge on any atom is -0.389 e. The molecule has 0 aromatic carbocycles. The van der Waals surface area contributed by atoms with Gasteiger partial charge in [0.25, 0.3) is 0 Å². The highest BCUT2D eigenvalue weighted by atomic mass is 16.3. The maximum atomic E-state index is 12.0. The number of nitrogens with zero attached hydrogens (tertiary/aromatic N) is 1. The van der Waals surface area contributed by atoms with Gasteiger partial charge in [-0.1, -0.05) is 19.3 Å². The van der Waals surface area contributed by atoms with E-state index in [2.05, 4.69) is 10.2 Å². The summed E-state index contributed by atoms with van der Waals surface area (Å²) in [6, 6.07) is 0.386. The van der Waals surface area contributed by atoms with E-state index in [9.17, 15) is 9.90 Å². The number of amides is 1. The van der Waals surface area contributed by atoms with E-state index in [4.69, 9.17) is 0 Å². The van der Waals surface area contributed by atoms with Gasteiger partial charge in [0.15, 0.2) is 0 Å². The van der Waals surface area contributed by atoms with Crippen LogP contribution in [-0.2, 0) is 4.79 Å². The Morgan fingerprint density at radius 1 is 1.33 bits per heavy atom. The highest BCUT2D eigenvalue weighted by Gasteiger charge is 2.29. The van der Waals surface area contributed by atoms with Gasteiger partial charge in [0, 0.05) is 12.6 Å². The Morgan fingerprint density at radius 3 is 2.72 bits per heavy atom. The molecule has 4 nitrogen and oxygen atoms in total. The van der Waals surface area contributed by atoms with Gasteiger partial charge in [0.05, 0.1) is 12.1 Å². The number of rotatable bonds is 3. The van der Waals surface area contributed by atoms with Crippen molar-refractivity contribution in [2.75, 3.05) is 19.6 Å². The third-order valence-corrected chi connectivity index (χ3v) is 4.09. The largest absolute Gasteiger partial charge is 0.389 e. The van der Waals surface area contributed by atoms with Crippen LogP contribution >= 0.6 is 0 Å². The van der Waals surface area contributed by atoms with E-state index in [-0.39, 0.29) is 5.91 Å². The molecule has 2 aliphatic rings. The Hall–Kier alpha value is -0.610. The van der Waals surface area contributed by atoms with E-state index < -0.39 is 5.60 Å². The minimum absolute atomic E-state index is 0.125. The molecule has 1 saturated carbocycles. The number of nitrogens with one attached hydrogen (secondary N) is 1. The molecule has 0 spiro atoms. The first kappa shape index (κ1) is 13.8. The summed E-state index contributed by atoms with van der Waals surface area (Å²) in [7, 11) is 0. The number of piperidine rings is 1. The van der Waals surface area contributed by atoms with Crippen molar-refractivity contribution in [2.24, 2.45) is 0 Å². The predicted octanol–water partition coefficient (Wildman–Crippen LogP) is 1.28. The fourth-order valence-corrected chi connectivity index (χ4v) is 3.18. The van der Waals surface area contributed by atoms with Gasteiger partial charge in [0.1, 0.15) is 0 Å². The van der Waals surface area contributed by atoms with Gasteiger partial charge in [-0.15, -0.1) is 0 Å². The standard InChI is InChI=1S/C14H26N2O2/c1-14(18)8-5-9-16(11-14)10-13(17)15-12-6-3-2-4-7-12/h12,18H,2-11H2,1H3,(H,15,17). The van der Waals surface area contributed by atoms with E-state index in [1.807, 2.05) is 6.92 Å². The zero-order chi connectivity index (χ0) is 13.0. The van der Waals surface area contributed by atoms with Crippen molar-refractivity contribution in [3.8, 4) is 0 Å². The van der Waals surface area contributed by atoms with E-state index >= 15 is 0 Å². The first-order valence-corrected chi connectivity index (χ1v) is 7.29. The minimum atomic E-state index is -0.622. The first-order valence-electron chi connectivity index (χ1n) is 7.29. The predicted molar refractivity (Wildman–Crippen MR) is 71.3 cm³/mol. The van der Waals surface area contributed by atoms with Gasteiger partial charge in [0.2, 0.25) is 5.91 Å². The third-order valence-electron chi connectivity index (χ3n) is 4.09. The molecule has 0 bridgehead atoms. The molecular weight excluding hydrogens is 228 g/mol. The number of hydrogen-bond acceptors (Lipinski definition) is 3. The van der Waals surface area contributed by atoms with E-state index in [0.29, 0.717) is 19.1 Å². The van der Waals surface area contributed by atoms with Crippen molar-refractivity contribution in [2.45, 2.75) is 63.5 Å². The van der Waals surface area contributed by atoms with Crippen molar-refractivity contribution < 1.29 is 9.90 Å². The molecule has 18 heavy (non-hydrogen) atoms. The lowest BCUT2D eigenvalue weighted by Crippen LogP contribution is -2.50. The molecule has 4 heteroatoms. The zero-order valence-electron chi connectivity index (χ0n) is 11.5. The second-order valence-electron chi connectivity index (χ2n) is 6.21.